The predicted octanol–water partition coefficient (Wildman–Crippen LogP) is -4.30. The average molecular weight is 522 g/mol. The number of aliphatic hydroxyl groups excluding tert-OH is 10. The van der Waals surface area contributed by atoms with E-state index >= 15 is 0 Å². The summed E-state index contributed by atoms with van der Waals surface area (Å²) >= 11 is 0. The van der Waals surface area contributed by atoms with Crippen LogP contribution in [0.15, 0.2) is 18.2 Å². The van der Waals surface area contributed by atoms with Crippen LogP contribution in [0, 0.1) is 0 Å². The first-order valence-corrected chi connectivity index (χ1v) is 9.79. The van der Waals surface area contributed by atoms with E-state index in [0.29, 0.717) is 6.61 Å². The van der Waals surface area contributed by atoms with Gasteiger partial charge in [0.15, 0.2) is 6.29 Å². The maximum atomic E-state index is 10.3. The van der Waals surface area contributed by atoms with Crippen LogP contribution in [0.2, 0.25) is 0 Å². The fourth-order valence-electron chi connectivity index (χ4n) is 0.918. The number of hydrogen-bond acceptors (Lipinski definition) is 14. The minimum Gasteiger partial charge on any atom is -0.477 e. The Morgan fingerprint density at radius 3 is 1.14 bits per heavy atom. The summed E-state index contributed by atoms with van der Waals surface area (Å²) in [7, 11) is 0. The monoisotopic (exact) mass is 521 g/mol. The number of carboxylic acids is 2. The van der Waals surface area contributed by atoms with Crippen LogP contribution in [0.3, 0.4) is 0 Å². The van der Waals surface area contributed by atoms with Gasteiger partial charge in [0, 0.05) is 6.61 Å². The van der Waals surface area contributed by atoms with Crippen LogP contribution in [-0.4, -0.2) is 151 Å². The number of carboxylic acid groups (broad SMARTS) is 2. The summed E-state index contributed by atoms with van der Waals surface area (Å²) in [6.07, 6.45) is -0.995. The molecule has 1 unspecified atom stereocenters. The number of aliphatic hydroxyl groups is 10. The molecule has 0 aromatic carbocycles. The Labute approximate surface area is 202 Å². The van der Waals surface area contributed by atoms with Crippen LogP contribution in [0.5, 0.6) is 0 Å². The van der Waals surface area contributed by atoms with Crippen LogP contribution in [0.4, 0.5) is 0 Å². The van der Waals surface area contributed by atoms with E-state index in [-0.39, 0.29) is 70.8 Å². The molecule has 1 heterocycles. The van der Waals surface area contributed by atoms with Crippen LogP contribution in [0.1, 0.15) is 27.9 Å². The third kappa shape index (κ3) is 45.8. The molecule has 12 N–H and O–H groups in total. The Balaban J connectivity index is -0.000000112. The normalized spacial score (nSPS) is 9.46. The highest BCUT2D eigenvalue weighted by Crippen LogP contribution is 1.98. The van der Waals surface area contributed by atoms with Crippen molar-refractivity contribution in [3.63, 3.8) is 0 Å². The lowest BCUT2D eigenvalue weighted by Gasteiger charge is -2.03. The van der Waals surface area contributed by atoms with Gasteiger partial charge < -0.3 is 66.0 Å². The zero-order valence-electron chi connectivity index (χ0n) is 19.4. The standard InChI is InChI=1S/C7H5NO4.C4H10O3.4C2H6O2/c9-6(10)4-2-1-3-5(8-4)7(11)12;1-2-7-4(6)3-5;4*3-1-2-4/h1-3H,(H,9,10)(H,11,12);4-6H,2-3H2,1H3;4*3-4H,1-2H2. The van der Waals surface area contributed by atoms with Gasteiger partial charge in [0.2, 0.25) is 0 Å². The molecule has 16 heteroatoms. The Morgan fingerprint density at radius 1 is 0.714 bits per heavy atom. The van der Waals surface area contributed by atoms with E-state index in [4.69, 9.17) is 61.3 Å². The second-order valence-corrected chi connectivity index (χ2v) is 4.90. The third-order valence-corrected chi connectivity index (χ3v) is 2.10. The highest BCUT2D eigenvalue weighted by molar-refractivity contribution is 5.89. The number of rotatable bonds is 9. The third-order valence-electron chi connectivity index (χ3n) is 2.10. The maximum Gasteiger partial charge on any atom is 0.354 e. The molecule has 0 spiro atoms. The molecule has 0 bridgehead atoms. The first-order chi connectivity index (χ1) is 16.6. The van der Waals surface area contributed by atoms with Crippen molar-refractivity contribution in [1.29, 1.82) is 0 Å². The van der Waals surface area contributed by atoms with Gasteiger partial charge in [-0.25, -0.2) is 14.6 Å². The summed E-state index contributed by atoms with van der Waals surface area (Å²) in [5.74, 6) is -2.48. The fraction of sp³-hybridized carbons (Fsp3) is 0.632. The highest BCUT2D eigenvalue weighted by atomic mass is 16.6. The molecule has 1 aromatic heterocycles. The van der Waals surface area contributed by atoms with E-state index in [1.54, 1.807) is 6.92 Å². The molecule has 210 valence electrons. The van der Waals surface area contributed by atoms with Crippen LogP contribution in [0.25, 0.3) is 0 Å². The number of ether oxygens (including phenoxy) is 1. The summed E-state index contributed by atoms with van der Waals surface area (Å²) in [4.78, 5) is 24.0. The van der Waals surface area contributed by atoms with Gasteiger partial charge in [-0.1, -0.05) is 6.07 Å². The number of carbonyl (C=O) groups is 2. The Bertz CT molecular complexity index is 495. The van der Waals surface area contributed by atoms with Crippen molar-refractivity contribution in [2.75, 3.05) is 66.1 Å². The van der Waals surface area contributed by atoms with Crippen molar-refractivity contribution in [2.24, 2.45) is 0 Å². The van der Waals surface area contributed by atoms with Crippen LogP contribution >= 0.6 is 0 Å². The quantitative estimate of drug-likeness (QED) is 0.137. The van der Waals surface area contributed by atoms with Gasteiger partial charge in [-0.2, -0.15) is 0 Å². The predicted molar refractivity (Wildman–Crippen MR) is 120 cm³/mol. The summed E-state index contributed by atoms with van der Waals surface area (Å²) in [6, 6.07) is 3.80. The summed E-state index contributed by atoms with van der Waals surface area (Å²) in [6.45, 7) is 0.856. The van der Waals surface area contributed by atoms with Crippen molar-refractivity contribution < 1.29 is 75.6 Å². The molecular weight excluding hydrogens is 482 g/mol. The molecule has 0 radical (unpaired) electrons. The molecule has 0 saturated carbocycles. The van der Waals surface area contributed by atoms with E-state index in [2.05, 4.69) is 9.72 Å². The van der Waals surface area contributed by atoms with E-state index in [1.807, 2.05) is 0 Å². The van der Waals surface area contributed by atoms with Gasteiger partial charge in [-0.05, 0) is 19.1 Å². The zero-order valence-corrected chi connectivity index (χ0v) is 19.4. The lowest BCUT2D eigenvalue weighted by atomic mass is 10.3. The van der Waals surface area contributed by atoms with E-state index in [1.165, 1.54) is 18.2 Å². The molecule has 0 amide bonds. The molecule has 0 aliphatic heterocycles. The number of nitrogens with zero attached hydrogens (tertiary/aromatic N) is 1. The SMILES string of the molecule is CCOC(O)CO.O=C(O)c1cccc(C(=O)O)n1.OCCO.OCCO.OCCO.OCCO. The van der Waals surface area contributed by atoms with Crippen molar-refractivity contribution in [3.05, 3.63) is 29.6 Å². The summed E-state index contributed by atoms with van der Waals surface area (Å²) < 4.78 is 4.50. The zero-order chi connectivity index (χ0) is 28.5. The smallest absolute Gasteiger partial charge is 0.354 e. The average Bonchev–Trinajstić information content (AvgIpc) is 2.89. The van der Waals surface area contributed by atoms with Gasteiger partial charge in [-0.3, -0.25) is 0 Å². The second-order valence-electron chi connectivity index (χ2n) is 4.90. The van der Waals surface area contributed by atoms with E-state index in [9.17, 15) is 9.59 Å². The number of hydrogen-bond donors (Lipinski definition) is 12. The maximum absolute atomic E-state index is 10.3. The molecule has 0 aliphatic rings. The number of aromatic nitrogens is 1. The number of pyridine rings is 1. The molecule has 0 fully saturated rings. The van der Waals surface area contributed by atoms with Crippen LogP contribution in [-0.2, 0) is 4.74 Å². The Morgan fingerprint density at radius 2 is 1.00 bits per heavy atom. The largest absolute Gasteiger partial charge is 0.477 e. The first kappa shape index (κ1) is 42.8. The molecular formula is C19H39NO15. The van der Waals surface area contributed by atoms with Gasteiger partial charge >= 0.3 is 11.9 Å². The van der Waals surface area contributed by atoms with Crippen LogP contribution < -0.4 is 0 Å². The van der Waals surface area contributed by atoms with Gasteiger partial charge in [0.05, 0.1) is 59.5 Å². The Hall–Kier alpha value is -2.35. The van der Waals surface area contributed by atoms with Crippen molar-refractivity contribution in [1.82, 2.24) is 4.98 Å². The molecule has 1 rings (SSSR count). The molecule has 0 aliphatic carbocycles. The van der Waals surface area contributed by atoms with Crippen molar-refractivity contribution in [2.45, 2.75) is 13.2 Å². The lowest BCUT2D eigenvalue weighted by Crippen LogP contribution is -2.15. The summed E-state index contributed by atoms with van der Waals surface area (Å²) in [5.41, 5.74) is -0.537. The lowest BCUT2D eigenvalue weighted by molar-refractivity contribution is -0.120. The van der Waals surface area contributed by atoms with Gasteiger partial charge in [0.25, 0.3) is 0 Å². The van der Waals surface area contributed by atoms with E-state index in [0.717, 1.165) is 0 Å². The molecule has 1 aromatic rings. The minimum absolute atomic E-state index is 0.125. The molecule has 0 saturated heterocycles. The Kier molecular flexibility index (Phi) is 47.5. The highest BCUT2D eigenvalue weighted by Gasteiger charge is 2.08. The second kappa shape index (κ2) is 38.9. The van der Waals surface area contributed by atoms with Crippen molar-refractivity contribution >= 4 is 11.9 Å². The van der Waals surface area contributed by atoms with Gasteiger partial charge in [0.1, 0.15) is 11.4 Å². The minimum atomic E-state index is -1.24. The summed E-state index contributed by atoms with van der Waals surface area (Å²) in [5, 5.41) is 94.3. The fourth-order valence-corrected chi connectivity index (χ4v) is 0.918. The topological polar surface area (TPSA) is 299 Å². The molecule has 35 heavy (non-hydrogen) atoms. The molecule has 1 atom stereocenters. The van der Waals surface area contributed by atoms with Crippen molar-refractivity contribution in [3.8, 4) is 0 Å². The van der Waals surface area contributed by atoms with Gasteiger partial charge in [-0.15, -0.1) is 0 Å². The van der Waals surface area contributed by atoms with E-state index < -0.39 is 18.2 Å². The first-order valence-electron chi connectivity index (χ1n) is 9.79. The molecule has 16 nitrogen and oxygen atoms in total. The number of aromatic carboxylic acids is 2.